The predicted molar refractivity (Wildman–Crippen MR) is 118 cm³/mol. The Labute approximate surface area is 181 Å². The number of hydrogen-bond acceptors (Lipinski definition) is 6. The van der Waals surface area contributed by atoms with Crippen molar-refractivity contribution in [3.8, 4) is 11.5 Å². The topological polar surface area (TPSA) is 71.1 Å². The monoisotopic (exact) mass is 420 g/mol. The summed E-state index contributed by atoms with van der Waals surface area (Å²) in [6, 6.07) is 19.2. The molecular weight excluding hydrogens is 396 g/mol. The van der Waals surface area contributed by atoms with Crippen LogP contribution in [0.15, 0.2) is 66.2 Å². The molecule has 0 aliphatic carbocycles. The summed E-state index contributed by atoms with van der Waals surface area (Å²) in [5.41, 5.74) is 1.81. The van der Waals surface area contributed by atoms with E-state index >= 15 is 0 Å². The Morgan fingerprint density at radius 2 is 1.61 bits per heavy atom. The number of hydrogen-bond donors (Lipinski definition) is 0. The second-order valence-electron chi connectivity index (χ2n) is 6.73. The van der Waals surface area contributed by atoms with E-state index in [0.717, 1.165) is 16.3 Å². The molecule has 0 heterocycles. The molecule has 0 radical (unpaired) electrons. The lowest BCUT2D eigenvalue weighted by Crippen LogP contribution is -2.11. The first kappa shape index (κ1) is 21.9. The van der Waals surface area contributed by atoms with Crippen molar-refractivity contribution in [1.82, 2.24) is 0 Å². The zero-order valence-electron chi connectivity index (χ0n) is 17.7. The summed E-state index contributed by atoms with van der Waals surface area (Å²) in [5, 5.41) is 1.70. The molecule has 0 aliphatic heterocycles. The van der Waals surface area contributed by atoms with Crippen molar-refractivity contribution in [3.63, 3.8) is 0 Å². The first-order valence-corrected chi connectivity index (χ1v) is 9.69. The van der Waals surface area contributed by atoms with E-state index in [1.54, 1.807) is 13.2 Å². The predicted octanol–water partition coefficient (Wildman–Crippen LogP) is 4.55. The number of esters is 2. The zero-order chi connectivity index (χ0) is 22.2. The zero-order valence-corrected chi connectivity index (χ0v) is 17.7. The molecule has 0 aromatic heterocycles. The van der Waals surface area contributed by atoms with Crippen LogP contribution in [0.25, 0.3) is 16.8 Å². The maximum atomic E-state index is 12.3. The molecule has 6 heteroatoms. The fourth-order valence-electron chi connectivity index (χ4n) is 3.23. The van der Waals surface area contributed by atoms with E-state index in [1.165, 1.54) is 14.2 Å². The maximum Gasteiger partial charge on any atom is 0.334 e. The Morgan fingerprint density at radius 1 is 0.839 bits per heavy atom. The Bertz CT molecular complexity index is 1100. The standard InChI is InChI=1S/C25H24O6/c1-28-22-11-7-10-21-20(22)13-12-18(14-19(25(27)30-3)15-23(26)29-2)24(21)31-16-17-8-5-4-6-9-17/h4-14H,15-16H2,1-3H3/b19-14+. The highest BCUT2D eigenvalue weighted by Gasteiger charge is 2.18. The first-order chi connectivity index (χ1) is 15.1. The Kier molecular flexibility index (Phi) is 7.27. The molecule has 0 unspecified atom stereocenters. The summed E-state index contributed by atoms with van der Waals surface area (Å²) in [6.07, 6.45) is 1.39. The normalized spacial score (nSPS) is 11.1. The van der Waals surface area contributed by atoms with Gasteiger partial charge in [0.15, 0.2) is 0 Å². The lowest BCUT2D eigenvalue weighted by atomic mass is 10.0. The van der Waals surface area contributed by atoms with Crippen LogP contribution in [0.4, 0.5) is 0 Å². The number of benzene rings is 3. The van der Waals surface area contributed by atoms with Gasteiger partial charge in [-0.1, -0.05) is 48.5 Å². The Hall–Kier alpha value is -3.80. The molecule has 0 aliphatic rings. The van der Waals surface area contributed by atoms with Gasteiger partial charge in [0.1, 0.15) is 18.1 Å². The third-order valence-corrected chi connectivity index (χ3v) is 4.79. The molecule has 0 saturated heterocycles. The van der Waals surface area contributed by atoms with Crippen LogP contribution in [0.2, 0.25) is 0 Å². The van der Waals surface area contributed by atoms with Crippen LogP contribution in [0.1, 0.15) is 17.5 Å². The third-order valence-electron chi connectivity index (χ3n) is 4.79. The molecule has 160 valence electrons. The van der Waals surface area contributed by atoms with Crippen LogP contribution >= 0.6 is 0 Å². The molecule has 6 nitrogen and oxygen atoms in total. The summed E-state index contributed by atoms with van der Waals surface area (Å²) in [6.45, 7) is 0.336. The van der Waals surface area contributed by atoms with Crippen LogP contribution in [0.5, 0.6) is 11.5 Å². The molecule has 31 heavy (non-hydrogen) atoms. The highest BCUT2D eigenvalue weighted by Crippen LogP contribution is 2.36. The molecule has 3 aromatic rings. The number of ether oxygens (including phenoxy) is 4. The summed E-state index contributed by atoms with van der Waals surface area (Å²) in [5.74, 6) is 0.142. The fraction of sp³-hybridized carbons (Fsp3) is 0.200. The van der Waals surface area contributed by atoms with Gasteiger partial charge in [0.2, 0.25) is 0 Å². The van der Waals surface area contributed by atoms with Crippen molar-refractivity contribution >= 4 is 28.8 Å². The molecule has 0 bridgehead atoms. The van der Waals surface area contributed by atoms with E-state index in [1.807, 2.05) is 60.7 Å². The SMILES string of the molecule is COC(=O)C/C(=C\c1ccc2c(OC)cccc2c1OCc1ccccc1)C(=O)OC. The average molecular weight is 420 g/mol. The highest BCUT2D eigenvalue weighted by molar-refractivity contribution is 6.01. The van der Waals surface area contributed by atoms with Crippen molar-refractivity contribution in [2.45, 2.75) is 13.0 Å². The molecule has 0 atom stereocenters. The second-order valence-corrected chi connectivity index (χ2v) is 6.73. The number of fused-ring (bicyclic) bond motifs is 1. The quantitative estimate of drug-likeness (QED) is 0.393. The van der Waals surface area contributed by atoms with E-state index in [-0.39, 0.29) is 12.0 Å². The molecule has 0 amide bonds. The van der Waals surface area contributed by atoms with Crippen molar-refractivity contribution in [1.29, 1.82) is 0 Å². The van der Waals surface area contributed by atoms with Gasteiger partial charge in [-0.05, 0) is 23.8 Å². The fourth-order valence-corrected chi connectivity index (χ4v) is 3.23. The van der Waals surface area contributed by atoms with Crippen LogP contribution < -0.4 is 9.47 Å². The summed E-state index contributed by atoms with van der Waals surface area (Å²) >= 11 is 0. The maximum absolute atomic E-state index is 12.3. The van der Waals surface area contributed by atoms with Gasteiger partial charge in [0, 0.05) is 21.9 Å². The molecule has 0 N–H and O–H groups in total. The average Bonchev–Trinajstić information content (AvgIpc) is 2.82. The summed E-state index contributed by atoms with van der Waals surface area (Å²) < 4.78 is 21.3. The van der Waals surface area contributed by atoms with Crippen molar-refractivity contribution in [2.75, 3.05) is 21.3 Å². The van der Waals surface area contributed by atoms with Gasteiger partial charge < -0.3 is 18.9 Å². The molecular formula is C25H24O6. The number of carbonyl (C=O) groups excluding carboxylic acids is 2. The second kappa shape index (κ2) is 10.3. The summed E-state index contributed by atoms with van der Waals surface area (Å²) in [4.78, 5) is 24.1. The lowest BCUT2D eigenvalue weighted by molar-refractivity contribution is -0.143. The molecule has 0 fully saturated rings. The largest absolute Gasteiger partial charge is 0.496 e. The number of methoxy groups -OCH3 is 3. The van der Waals surface area contributed by atoms with Crippen molar-refractivity contribution < 1.29 is 28.5 Å². The van der Waals surface area contributed by atoms with Crippen molar-refractivity contribution in [3.05, 3.63) is 77.4 Å². The third kappa shape index (κ3) is 5.22. The van der Waals surface area contributed by atoms with Crippen LogP contribution in [-0.2, 0) is 25.7 Å². The minimum atomic E-state index is -0.606. The van der Waals surface area contributed by atoms with Gasteiger partial charge in [0.05, 0.1) is 27.8 Å². The minimum absolute atomic E-state index is 0.168. The first-order valence-electron chi connectivity index (χ1n) is 9.69. The van der Waals surface area contributed by atoms with Gasteiger partial charge in [-0.3, -0.25) is 4.79 Å². The van der Waals surface area contributed by atoms with Gasteiger partial charge in [0.25, 0.3) is 0 Å². The lowest BCUT2D eigenvalue weighted by Gasteiger charge is -2.15. The van der Waals surface area contributed by atoms with E-state index in [0.29, 0.717) is 23.7 Å². The van der Waals surface area contributed by atoms with Crippen LogP contribution in [0, 0.1) is 0 Å². The van der Waals surface area contributed by atoms with Gasteiger partial charge >= 0.3 is 11.9 Å². The van der Waals surface area contributed by atoms with E-state index < -0.39 is 11.9 Å². The number of rotatable bonds is 8. The van der Waals surface area contributed by atoms with E-state index in [4.69, 9.17) is 18.9 Å². The molecule has 0 saturated carbocycles. The minimum Gasteiger partial charge on any atom is -0.496 e. The number of carbonyl (C=O) groups is 2. The molecule has 3 rings (SSSR count). The summed E-state index contributed by atoms with van der Waals surface area (Å²) in [7, 11) is 4.15. The Morgan fingerprint density at radius 3 is 2.29 bits per heavy atom. The van der Waals surface area contributed by atoms with Gasteiger partial charge in [-0.15, -0.1) is 0 Å². The smallest absolute Gasteiger partial charge is 0.334 e. The van der Waals surface area contributed by atoms with Crippen molar-refractivity contribution in [2.24, 2.45) is 0 Å². The Balaban J connectivity index is 2.12. The highest BCUT2D eigenvalue weighted by atomic mass is 16.5. The van der Waals surface area contributed by atoms with Gasteiger partial charge in [-0.25, -0.2) is 4.79 Å². The van der Waals surface area contributed by atoms with Gasteiger partial charge in [-0.2, -0.15) is 0 Å². The molecule has 0 spiro atoms. The van der Waals surface area contributed by atoms with Crippen LogP contribution in [0.3, 0.4) is 0 Å². The van der Waals surface area contributed by atoms with Crippen LogP contribution in [-0.4, -0.2) is 33.3 Å². The molecule has 3 aromatic carbocycles. The van der Waals surface area contributed by atoms with E-state index in [2.05, 4.69) is 0 Å². The van der Waals surface area contributed by atoms with E-state index in [9.17, 15) is 9.59 Å².